The molecule has 0 spiro atoms. The molecule has 330 valence electrons. The Morgan fingerprint density at radius 1 is 0.915 bits per heavy atom. The predicted molar refractivity (Wildman–Crippen MR) is 218 cm³/mol. The van der Waals surface area contributed by atoms with Crippen molar-refractivity contribution in [2.75, 3.05) is 32.8 Å². The van der Waals surface area contributed by atoms with Crippen molar-refractivity contribution >= 4 is 31.3 Å². The van der Waals surface area contributed by atoms with Crippen LogP contribution in [0.2, 0.25) is 6.32 Å². The number of ether oxygens (including phenoxy) is 6. The van der Waals surface area contributed by atoms with E-state index in [1.54, 1.807) is 81.4 Å². The zero-order valence-electron chi connectivity index (χ0n) is 37.4. The van der Waals surface area contributed by atoms with Crippen LogP contribution in [-0.4, -0.2) is 114 Å². The number of hydrogen-bond donors (Lipinski definition) is 2. The number of aliphatic hydroxyl groups excluding tert-OH is 1. The SMILES string of the molecule is CC(C)(C)OC(=O)N[C@](C)(CN1CC(Oc2ccc(CCB3O[C@@H]4C[C@@H]5C[C@@H](C5(C)C)[C@]4(C)O3)c(OC(=O)OC(C)(C)C)c2C(=O)OC(C)(C)C)C1)C(=O)OCCCO. The third kappa shape index (κ3) is 11.2. The fourth-order valence-corrected chi connectivity index (χ4v) is 8.67. The summed E-state index contributed by atoms with van der Waals surface area (Å²) in [5.41, 5.74) is -3.81. The standard InChI is InChI=1S/C43H67BN2O13/c1-38(2,3)55-34(48)32-29(53-28-23-46(24-28)25-42(12,35(49)52-20-14-19-47)45-36(50)56-39(4,5)6)16-15-26(33(32)54-37(51)57-40(7,8)9)17-18-44-58-31-22-27-21-30(41(27,10)11)43(31,13)59-44/h15-16,27-28,30-31,47H,14,17-25H2,1-13H3,(H,45,50)/t27-,30-,31+,42+,43-/m0/s1. The Labute approximate surface area is 349 Å². The Hall–Kier alpha value is -3.60. The van der Waals surface area contributed by atoms with E-state index < -0.39 is 65.4 Å². The number of nitrogens with zero attached hydrogens (tertiary/aromatic N) is 1. The van der Waals surface area contributed by atoms with Gasteiger partial charge in [-0.25, -0.2) is 19.2 Å². The number of carbonyl (C=O) groups excluding carboxylic acids is 4. The third-order valence-electron chi connectivity index (χ3n) is 11.6. The van der Waals surface area contributed by atoms with Crippen molar-refractivity contribution in [1.82, 2.24) is 10.2 Å². The number of alkyl carbamates (subject to hydrolysis) is 1. The molecule has 2 saturated heterocycles. The van der Waals surface area contributed by atoms with Crippen molar-refractivity contribution in [3.63, 3.8) is 0 Å². The lowest BCUT2D eigenvalue weighted by molar-refractivity contribution is -0.199. The molecule has 2 aliphatic heterocycles. The van der Waals surface area contributed by atoms with E-state index in [1.807, 2.05) is 4.90 Å². The first-order valence-corrected chi connectivity index (χ1v) is 20.9. The molecule has 2 N–H and O–H groups in total. The molecule has 0 radical (unpaired) electrons. The molecule has 2 bridgehead atoms. The molecule has 6 rings (SSSR count). The summed E-state index contributed by atoms with van der Waals surface area (Å²) in [6, 6.07) is 3.42. The summed E-state index contributed by atoms with van der Waals surface area (Å²) in [6.45, 7) is 24.3. The molecule has 0 unspecified atom stereocenters. The fraction of sp³-hybridized carbons (Fsp3) is 0.767. The van der Waals surface area contributed by atoms with E-state index in [0.29, 0.717) is 43.2 Å². The first-order valence-electron chi connectivity index (χ1n) is 20.9. The summed E-state index contributed by atoms with van der Waals surface area (Å²) >= 11 is 0. The summed E-state index contributed by atoms with van der Waals surface area (Å²) < 4.78 is 47.7. The third-order valence-corrected chi connectivity index (χ3v) is 11.6. The fourth-order valence-electron chi connectivity index (χ4n) is 8.67. The number of rotatable bonds is 14. The first-order chi connectivity index (χ1) is 27.1. The monoisotopic (exact) mass is 830 g/mol. The van der Waals surface area contributed by atoms with Crippen LogP contribution in [0.5, 0.6) is 11.5 Å². The second-order valence-corrected chi connectivity index (χ2v) is 20.5. The highest BCUT2D eigenvalue weighted by Gasteiger charge is 2.67. The van der Waals surface area contributed by atoms with Gasteiger partial charge in [0.1, 0.15) is 34.2 Å². The van der Waals surface area contributed by atoms with Gasteiger partial charge in [0.05, 0.1) is 18.3 Å². The van der Waals surface area contributed by atoms with Gasteiger partial charge in [0, 0.05) is 32.7 Å². The van der Waals surface area contributed by atoms with E-state index in [4.69, 9.17) is 37.7 Å². The minimum absolute atomic E-state index is 0.000215. The quantitative estimate of drug-likeness (QED) is 0.0683. The molecule has 3 saturated carbocycles. The van der Waals surface area contributed by atoms with Crippen LogP contribution in [-0.2, 0) is 39.5 Å². The molecule has 59 heavy (non-hydrogen) atoms. The molecule has 5 atom stereocenters. The lowest BCUT2D eigenvalue weighted by Crippen LogP contribution is -2.65. The highest BCUT2D eigenvalue weighted by molar-refractivity contribution is 6.45. The predicted octanol–water partition coefficient (Wildman–Crippen LogP) is 6.50. The molecule has 1 aromatic carbocycles. The van der Waals surface area contributed by atoms with Crippen molar-refractivity contribution in [3.8, 4) is 11.5 Å². The van der Waals surface area contributed by atoms with Gasteiger partial charge in [0.2, 0.25) is 0 Å². The molecular formula is C43H67BN2O13. The van der Waals surface area contributed by atoms with Gasteiger partial charge >= 0.3 is 31.3 Å². The minimum atomic E-state index is -1.50. The Morgan fingerprint density at radius 3 is 2.15 bits per heavy atom. The maximum atomic E-state index is 14.1. The Balaban J connectivity index is 1.37. The van der Waals surface area contributed by atoms with Gasteiger partial charge in [0.15, 0.2) is 11.3 Å². The highest BCUT2D eigenvalue weighted by Crippen LogP contribution is 2.65. The number of aryl methyl sites for hydroxylation is 1. The van der Waals surface area contributed by atoms with E-state index in [2.05, 4.69) is 26.1 Å². The molecule has 16 heteroatoms. The van der Waals surface area contributed by atoms with Crippen LogP contribution >= 0.6 is 0 Å². The van der Waals surface area contributed by atoms with Crippen LogP contribution in [0.1, 0.15) is 125 Å². The van der Waals surface area contributed by atoms with E-state index in [9.17, 15) is 24.3 Å². The summed E-state index contributed by atoms with van der Waals surface area (Å²) in [5, 5.41) is 11.9. The molecule has 15 nitrogen and oxygen atoms in total. The Kier molecular flexibility index (Phi) is 13.4. The van der Waals surface area contributed by atoms with Gasteiger partial charge in [-0.05, 0) is 131 Å². The molecule has 3 aliphatic carbocycles. The number of amides is 1. The van der Waals surface area contributed by atoms with Crippen molar-refractivity contribution in [1.29, 1.82) is 0 Å². The molecule has 5 aliphatic rings. The van der Waals surface area contributed by atoms with Crippen LogP contribution in [0, 0.1) is 17.3 Å². The van der Waals surface area contributed by atoms with Crippen LogP contribution in [0.4, 0.5) is 9.59 Å². The van der Waals surface area contributed by atoms with Crippen molar-refractivity contribution in [2.24, 2.45) is 17.3 Å². The molecule has 1 amide bonds. The average molecular weight is 831 g/mol. The summed E-state index contributed by atoms with van der Waals surface area (Å²) in [4.78, 5) is 55.4. The van der Waals surface area contributed by atoms with Crippen molar-refractivity contribution in [2.45, 2.75) is 162 Å². The molecule has 2 heterocycles. The van der Waals surface area contributed by atoms with Gasteiger partial charge in [-0.1, -0.05) is 19.9 Å². The maximum absolute atomic E-state index is 14.1. The lowest BCUT2D eigenvalue weighted by atomic mass is 9.43. The normalized spacial score (nSPS) is 25.1. The molecular weight excluding hydrogens is 763 g/mol. The summed E-state index contributed by atoms with van der Waals surface area (Å²) in [7, 11) is -0.487. The summed E-state index contributed by atoms with van der Waals surface area (Å²) in [5.74, 6) is -0.337. The maximum Gasteiger partial charge on any atom is 0.514 e. The second kappa shape index (κ2) is 17.0. The number of carbonyl (C=O) groups is 4. The van der Waals surface area contributed by atoms with Crippen LogP contribution in [0.15, 0.2) is 12.1 Å². The van der Waals surface area contributed by atoms with E-state index >= 15 is 0 Å². The summed E-state index contributed by atoms with van der Waals surface area (Å²) in [6.07, 6.45) is 0.861. The van der Waals surface area contributed by atoms with Gasteiger partial charge < -0.3 is 48.2 Å². The lowest BCUT2D eigenvalue weighted by Gasteiger charge is -2.64. The number of esters is 2. The van der Waals surface area contributed by atoms with Crippen LogP contribution in [0.3, 0.4) is 0 Å². The Bertz CT molecular complexity index is 1730. The Morgan fingerprint density at radius 2 is 1.56 bits per heavy atom. The van der Waals surface area contributed by atoms with Crippen LogP contribution in [0.25, 0.3) is 0 Å². The van der Waals surface area contributed by atoms with E-state index in [-0.39, 0.29) is 54.8 Å². The number of hydrogen-bond acceptors (Lipinski definition) is 14. The number of nitrogens with one attached hydrogen (secondary N) is 1. The van der Waals surface area contributed by atoms with Crippen LogP contribution < -0.4 is 14.8 Å². The largest absolute Gasteiger partial charge is 0.514 e. The highest BCUT2D eigenvalue weighted by atomic mass is 16.7. The molecule has 5 fully saturated rings. The second-order valence-electron chi connectivity index (χ2n) is 20.5. The van der Waals surface area contributed by atoms with Crippen molar-refractivity contribution in [3.05, 3.63) is 23.3 Å². The number of aliphatic hydroxyl groups is 1. The van der Waals surface area contributed by atoms with Gasteiger partial charge in [-0.2, -0.15) is 0 Å². The van der Waals surface area contributed by atoms with E-state index in [1.165, 1.54) is 0 Å². The topological polar surface area (TPSA) is 178 Å². The average Bonchev–Trinajstić information content (AvgIpc) is 3.40. The number of benzene rings is 1. The van der Waals surface area contributed by atoms with Crippen molar-refractivity contribution < 1.29 is 62.0 Å². The van der Waals surface area contributed by atoms with Gasteiger partial charge in [-0.3, -0.25) is 4.90 Å². The molecule has 0 aromatic heterocycles. The molecule has 1 aromatic rings. The zero-order valence-corrected chi connectivity index (χ0v) is 37.4. The number of likely N-dealkylation sites (tertiary alicyclic amines) is 1. The van der Waals surface area contributed by atoms with E-state index in [0.717, 1.165) is 12.8 Å². The minimum Gasteiger partial charge on any atom is -0.487 e. The van der Waals surface area contributed by atoms with Gasteiger partial charge in [0.25, 0.3) is 0 Å². The zero-order chi connectivity index (χ0) is 43.9. The smallest absolute Gasteiger partial charge is 0.487 e. The van der Waals surface area contributed by atoms with Gasteiger partial charge in [-0.15, -0.1) is 0 Å². The first kappa shape index (κ1) is 46.5.